The van der Waals surface area contributed by atoms with Crippen LogP contribution in [0.15, 0.2) is 67.0 Å². The number of rotatable bonds is 4. The lowest BCUT2D eigenvalue weighted by Gasteiger charge is -2.29. The standard InChI is InChI=1S/C22H20FN3O/c23-20-7-5-16(6-8-20)12-25-21-11-19(13-24-14-21)22(27)26-10-9-17-3-1-2-4-18(17)15-26/h1-8,11,13-14,25H,9-10,12,15H2. The Morgan fingerprint density at radius 2 is 1.85 bits per heavy atom. The number of hydrogen-bond donors (Lipinski definition) is 1. The number of carbonyl (C=O) groups is 1. The Morgan fingerprint density at radius 1 is 1.07 bits per heavy atom. The van der Waals surface area contributed by atoms with Gasteiger partial charge >= 0.3 is 0 Å². The van der Waals surface area contributed by atoms with E-state index in [2.05, 4.69) is 22.4 Å². The third-order valence-electron chi connectivity index (χ3n) is 4.81. The number of nitrogens with one attached hydrogen (secondary N) is 1. The van der Waals surface area contributed by atoms with Crippen LogP contribution in [0.25, 0.3) is 0 Å². The normalized spacial score (nSPS) is 13.1. The minimum atomic E-state index is -0.254. The Labute approximate surface area is 157 Å². The summed E-state index contributed by atoms with van der Waals surface area (Å²) in [5.74, 6) is -0.265. The Balaban J connectivity index is 1.44. The molecule has 5 heteroatoms. The van der Waals surface area contributed by atoms with Gasteiger partial charge in [-0.3, -0.25) is 9.78 Å². The molecule has 0 radical (unpaired) electrons. The highest BCUT2D eigenvalue weighted by atomic mass is 19.1. The van der Waals surface area contributed by atoms with Crippen molar-refractivity contribution in [1.82, 2.24) is 9.88 Å². The summed E-state index contributed by atoms with van der Waals surface area (Å²) in [6.07, 6.45) is 4.16. The van der Waals surface area contributed by atoms with Crippen LogP contribution in [0.5, 0.6) is 0 Å². The average molecular weight is 361 g/mol. The van der Waals surface area contributed by atoms with Crippen LogP contribution < -0.4 is 5.32 Å². The first kappa shape index (κ1) is 17.2. The van der Waals surface area contributed by atoms with Gasteiger partial charge in [0.05, 0.1) is 11.3 Å². The molecule has 0 bridgehead atoms. The first-order chi connectivity index (χ1) is 13.2. The molecule has 1 aliphatic rings. The molecule has 4 nitrogen and oxygen atoms in total. The van der Waals surface area contributed by atoms with Crippen LogP contribution >= 0.6 is 0 Å². The van der Waals surface area contributed by atoms with Gasteiger partial charge in [0, 0.05) is 32.0 Å². The van der Waals surface area contributed by atoms with Gasteiger partial charge in [-0.1, -0.05) is 36.4 Å². The molecule has 0 saturated heterocycles. The smallest absolute Gasteiger partial charge is 0.255 e. The molecule has 0 spiro atoms. The first-order valence-corrected chi connectivity index (χ1v) is 8.98. The number of nitrogens with zero attached hydrogens (tertiary/aromatic N) is 2. The average Bonchev–Trinajstić information content (AvgIpc) is 2.72. The molecular formula is C22H20FN3O. The van der Waals surface area contributed by atoms with E-state index >= 15 is 0 Å². The summed E-state index contributed by atoms with van der Waals surface area (Å²) in [4.78, 5) is 19.0. The summed E-state index contributed by atoms with van der Waals surface area (Å²) in [6, 6.07) is 16.4. The maximum atomic E-state index is 13.0. The van der Waals surface area contributed by atoms with E-state index in [-0.39, 0.29) is 11.7 Å². The zero-order valence-electron chi connectivity index (χ0n) is 14.9. The van der Waals surface area contributed by atoms with E-state index in [4.69, 9.17) is 0 Å². The molecule has 0 unspecified atom stereocenters. The lowest BCUT2D eigenvalue weighted by Crippen LogP contribution is -2.36. The summed E-state index contributed by atoms with van der Waals surface area (Å²) in [5.41, 5.74) is 4.81. The Bertz CT molecular complexity index is 956. The van der Waals surface area contributed by atoms with E-state index in [9.17, 15) is 9.18 Å². The highest BCUT2D eigenvalue weighted by Gasteiger charge is 2.21. The van der Waals surface area contributed by atoms with Crippen molar-refractivity contribution in [3.8, 4) is 0 Å². The topological polar surface area (TPSA) is 45.2 Å². The summed E-state index contributed by atoms with van der Waals surface area (Å²) in [7, 11) is 0. The minimum absolute atomic E-state index is 0.0116. The lowest BCUT2D eigenvalue weighted by atomic mass is 9.99. The fraction of sp³-hybridized carbons (Fsp3) is 0.182. The number of pyridine rings is 1. The van der Waals surface area contributed by atoms with E-state index in [1.165, 1.54) is 23.3 Å². The molecule has 0 atom stereocenters. The van der Waals surface area contributed by atoms with Gasteiger partial charge in [-0.15, -0.1) is 0 Å². The molecular weight excluding hydrogens is 341 g/mol. The van der Waals surface area contributed by atoms with E-state index in [1.807, 2.05) is 23.1 Å². The van der Waals surface area contributed by atoms with Gasteiger partial charge in [0.1, 0.15) is 5.82 Å². The van der Waals surface area contributed by atoms with Gasteiger partial charge in [-0.2, -0.15) is 0 Å². The van der Waals surface area contributed by atoms with E-state index in [0.717, 1.165) is 17.7 Å². The second kappa shape index (κ2) is 7.58. The van der Waals surface area contributed by atoms with Crippen LogP contribution in [0.4, 0.5) is 10.1 Å². The first-order valence-electron chi connectivity index (χ1n) is 8.98. The zero-order chi connectivity index (χ0) is 18.6. The quantitative estimate of drug-likeness (QED) is 0.763. The molecule has 1 aliphatic heterocycles. The van der Waals surface area contributed by atoms with Crippen LogP contribution in [0.2, 0.25) is 0 Å². The number of hydrogen-bond acceptors (Lipinski definition) is 3. The molecule has 2 aromatic carbocycles. The number of benzene rings is 2. The Kier molecular flexibility index (Phi) is 4.83. The van der Waals surface area contributed by atoms with Crippen molar-refractivity contribution in [1.29, 1.82) is 0 Å². The predicted molar refractivity (Wildman–Crippen MR) is 103 cm³/mol. The fourth-order valence-corrected chi connectivity index (χ4v) is 3.31. The van der Waals surface area contributed by atoms with Crippen molar-refractivity contribution < 1.29 is 9.18 Å². The van der Waals surface area contributed by atoms with Crippen LogP contribution in [-0.2, 0) is 19.5 Å². The number of carbonyl (C=O) groups excluding carboxylic acids is 1. The maximum Gasteiger partial charge on any atom is 0.255 e. The minimum Gasteiger partial charge on any atom is -0.380 e. The molecule has 0 aliphatic carbocycles. The van der Waals surface area contributed by atoms with Gasteiger partial charge in [-0.25, -0.2) is 4.39 Å². The van der Waals surface area contributed by atoms with Crippen LogP contribution in [-0.4, -0.2) is 22.3 Å². The third-order valence-corrected chi connectivity index (χ3v) is 4.81. The molecule has 27 heavy (non-hydrogen) atoms. The molecule has 3 aromatic rings. The molecule has 2 heterocycles. The second-order valence-corrected chi connectivity index (χ2v) is 6.69. The van der Waals surface area contributed by atoms with Gasteiger partial charge in [0.15, 0.2) is 0 Å². The van der Waals surface area contributed by atoms with E-state index in [1.54, 1.807) is 24.5 Å². The van der Waals surface area contributed by atoms with Crippen LogP contribution in [0.3, 0.4) is 0 Å². The molecule has 1 N–H and O–H groups in total. The number of amides is 1. The number of fused-ring (bicyclic) bond motifs is 1. The molecule has 1 amide bonds. The number of aromatic nitrogens is 1. The summed E-state index contributed by atoms with van der Waals surface area (Å²) >= 11 is 0. The SMILES string of the molecule is O=C(c1cncc(NCc2ccc(F)cc2)c1)N1CCc2ccccc2C1. The lowest BCUT2D eigenvalue weighted by molar-refractivity contribution is 0.0734. The summed E-state index contributed by atoms with van der Waals surface area (Å²) in [6.45, 7) is 1.88. The molecule has 0 fully saturated rings. The molecule has 1 aromatic heterocycles. The van der Waals surface area contributed by atoms with E-state index in [0.29, 0.717) is 25.2 Å². The van der Waals surface area contributed by atoms with Gasteiger partial charge < -0.3 is 10.2 Å². The maximum absolute atomic E-state index is 13.0. The van der Waals surface area contributed by atoms with Crippen LogP contribution in [0, 0.1) is 5.82 Å². The zero-order valence-corrected chi connectivity index (χ0v) is 14.9. The summed E-state index contributed by atoms with van der Waals surface area (Å²) in [5, 5.41) is 3.24. The number of anilines is 1. The Morgan fingerprint density at radius 3 is 2.67 bits per heavy atom. The second-order valence-electron chi connectivity index (χ2n) is 6.69. The van der Waals surface area contributed by atoms with Crippen molar-refractivity contribution in [2.24, 2.45) is 0 Å². The van der Waals surface area contributed by atoms with Gasteiger partial charge in [0.25, 0.3) is 5.91 Å². The molecule has 0 saturated carbocycles. The van der Waals surface area contributed by atoms with Crippen molar-refractivity contribution in [3.63, 3.8) is 0 Å². The van der Waals surface area contributed by atoms with Crippen molar-refractivity contribution >= 4 is 11.6 Å². The highest BCUT2D eigenvalue weighted by molar-refractivity contribution is 5.94. The monoisotopic (exact) mass is 361 g/mol. The Hall–Kier alpha value is -3.21. The van der Waals surface area contributed by atoms with Crippen molar-refractivity contribution in [2.45, 2.75) is 19.5 Å². The van der Waals surface area contributed by atoms with Crippen molar-refractivity contribution in [2.75, 3.05) is 11.9 Å². The highest BCUT2D eigenvalue weighted by Crippen LogP contribution is 2.21. The molecule has 136 valence electrons. The summed E-state index contributed by atoms with van der Waals surface area (Å²) < 4.78 is 13.0. The molecule has 4 rings (SSSR count). The van der Waals surface area contributed by atoms with E-state index < -0.39 is 0 Å². The van der Waals surface area contributed by atoms with Gasteiger partial charge in [0.2, 0.25) is 0 Å². The van der Waals surface area contributed by atoms with Crippen LogP contribution in [0.1, 0.15) is 27.0 Å². The predicted octanol–water partition coefficient (Wildman–Crippen LogP) is 4.03. The number of halogens is 1. The largest absolute Gasteiger partial charge is 0.380 e. The van der Waals surface area contributed by atoms with Gasteiger partial charge in [-0.05, 0) is 41.3 Å². The fourth-order valence-electron chi connectivity index (χ4n) is 3.31. The van der Waals surface area contributed by atoms with Crippen molar-refractivity contribution in [3.05, 3.63) is 95.1 Å². The third kappa shape index (κ3) is 3.97.